The lowest BCUT2D eigenvalue weighted by atomic mass is 10.2. The van der Waals surface area contributed by atoms with Crippen molar-refractivity contribution >= 4 is 34.0 Å². The molecule has 0 spiro atoms. The van der Waals surface area contributed by atoms with Gasteiger partial charge in [-0.1, -0.05) is 0 Å². The maximum Gasteiger partial charge on any atom is 0.229 e. The molecule has 1 aliphatic rings. The van der Waals surface area contributed by atoms with Crippen LogP contribution in [0, 0.1) is 0 Å². The summed E-state index contributed by atoms with van der Waals surface area (Å²) in [6.07, 6.45) is 5.85. The van der Waals surface area contributed by atoms with Gasteiger partial charge in [0.15, 0.2) is 0 Å². The van der Waals surface area contributed by atoms with Gasteiger partial charge in [-0.3, -0.25) is 4.90 Å². The molecule has 8 heteroatoms. The highest BCUT2D eigenvalue weighted by atomic mass is 16.5. The monoisotopic (exact) mass is 458 g/mol. The largest absolute Gasteiger partial charge is 0.494 e. The first-order valence-corrected chi connectivity index (χ1v) is 11.8. The summed E-state index contributed by atoms with van der Waals surface area (Å²) in [5.74, 6) is 2.13. The van der Waals surface area contributed by atoms with Crippen LogP contribution in [0.4, 0.5) is 23.1 Å². The zero-order valence-corrected chi connectivity index (χ0v) is 19.2. The molecule has 0 aliphatic carbocycles. The third-order valence-electron chi connectivity index (χ3n) is 5.83. The van der Waals surface area contributed by atoms with Gasteiger partial charge >= 0.3 is 0 Å². The molecule has 34 heavy (non-hydrogen) atoms. The van der Waals surface area contributed by atoms with Crippen LogP contribution in [0.1, 0.15) is 12.8 Å². The molecule has 176 valence electrons. The molecule has 8 nitrogen and oxygen atoms in total. The van der Waals surface area contributed by atoms with Gasteiger partial charge < -0.3 is 25.1 Å². The Morgan fingerprint density at radius 1 is 0.941 bits per heavy atom. The van der Waals surface area contributed by atoms with E-state index in [0.29, 0.717) is 5.95 Å². The standard InChI is InChI=1S/C26H30N6O2/c1(13-32-14-17-33-18-15-32)2-16-34-23-6-3-21(4-7-23)30-26-28-12-10-25(31-26)29-22-5-8-24-20(19-22)9-11-27-24/h3-12,19,27H,1-2,13-18H2,(H2,28,29,30,31). The number of hydrogen-bond acceptors (Lipinski definition) is 7. The van der Waals surface area contributed by atoms with Crippen LogP contribution in [-0.4, -0.2) is 59.3 Å². The quantitative estimate of drug-likeness (QED) is 0.290. The van der Waals surface area contributed by atoms with Crippen LogP contribution >= 0.6 is 0 Å². The van der Waals surface area contributed by atoms with Gasteiger partial charge in [0.05, 0.1) is 19.8 Å². The molecular formula is C26H30N6O2. The Kier molecular flexibility index (Phi) is 7.18. The predicted octanol–water partition coefficient (Wildman–Crippen LogP) is 4.94. The summed E-state index contributed by atoms with van der Waals surface area (Å²) in [4.78, 5) is 14.6. The predicted molar refractivity (Wildman–Crippen MR) is 135 cm³/mol. The highest BCUT2D eigenvalue weighted by Gasteiger charge is 2.09. The van der Waals surface area contributed by atoms with Crippen molar-refractivity contribution in [1.82, 2.24) is 19.9 Å². The minimum atomic E-state index is 0.532. The van der Waals surface area contributed by atoms with E-state index in [2.05, 4.69) is 36.6 Å². The Hall–Kier alpha value is -3.62. The summed E-state index contributed by atoms with van der Waals surface area (Å²) in [6, 6.07) is 18.0. The highest BCUT2D eigenvalue weighted by molar-refractivity contribution is 5.83. The number of unbranched alkanes of at least 4 members (excludes halogenated alkanes) is 1. The molecule has 0 atom stereocenters. The number of anilines is 4. The van der Waals surface area contributed by atoms with E-state index in [1.54, 1.807) is 6.20 Å². The molecule has 3 N–H and O–H groups in total. The second kappa shape index (κ2) is 11.0. The normalized spacial score (nSPS) is 14.2. The van der Waals surface area contributed by atoms with E-state index in [1.807, 2.05) is 54.7 Å². The Labute approximate surface area is 199 Å². The molecule has 4 aromatic rings. The number of ether oxygens (including phenoxy) is 2. The average molecular weight is 459 g/mol. The summed E-state index contributed by atoms with van der Waals surface area (Å²) < 4.78 is 11.3. The summed E-state index contributed by atoms with van der Waals surface area (Å²) in [5.41, 5.74) is 2.99. The smallest absolute Gasteiger partial charge is 0.229 e. The van der Waals surface area contributed by atoms with E-state index in [9.17, 15) is 0 Å². The first kappa shape index (κ1) is 22.2. The highest BCUT2D eigenvalue weighted by Crippen LogP contribution is 2.22. The number of aromatic nitrogens is 3. The SMILES string of the molecule is c1cc(Nc2ccc3[nH]ccc3c2)nc(Nc2ccc(OCCCCN3CCOCC3)cc2)n1. The Morgan fingerprint density at radius 3 is 2.68 bits per heavy atom. The lowest BCUT2D eigenvalue weighted by Crippen LogP contribution is -2.36. The molecule has 1 fully saturated rings. The van der Waals surface area contributed by atoms with Gasteiger partial charge in [-0.05, 0) is 74.0 Å². The molecule has 3 heterocycles. The number of nitrogens with zero attached hydrogens (tertiary/aromatic N) is 3. The van der Waals surface area contributed by atoms with Crippen molar-refractivity contribution in [2.45, 2.75) is 12.8 Å². The molecule has 1 saturated heterocycles. The van der Waals surface area contributed by atoms with E-state index in [4.69, 9.17) is 9.47 Å². The number of hydrogen-bond donors (Lipinski definition) is 3. The molecule has 0 bridgehead atoms. The Balaban J connectivity index is 1.09. The van der Waals surface area contributed by atoms with Crippen LogP contribution in [0.2, 0.25) is 0 Å². The molecule has 0 radical (unpaired) electrons. The number of H-pyrrole nitrogens is 1. The van der Waals surface area contributed by atoms with Crippen molar-refractivity contribution in [2.75, 3.05) is 50.1 Å². The zero-order valence-electron chi connectivity index (χ0n) is 19.2. The van der Waals surface area contributed by atoms with E-state index in [-0.39, 0.29) is 0 Å². The van der Waals surface area contributed by atoms with Crippen molar-refractivity contribution in [3.8, 4) is 5.75 Å². The third kappa shape index (κ3) is 6.03. The second-order valence-corrected chi connectivity index (χ2v) is 8.33. The van der Waals surface area contributed by atoms with Crippen molar-refractivity contribution in [2.24, 2.45) is 0 Å². The summed E-state index contributed by atoms with van der Waals surface area (Å²) in [6.45, 7) is 5.63. The van der Waals surface area contributed by atoms with E-state index in [1.165, 1.54) is 0 Å². The van der Waals surface area contributed by atoms with Crippen molar-refractivity contribution in [3.63, 3.8) is 0 Å². The third-order valence-corrected chi connectivity index (χ3v) is 5.83. The Bertz CT molecular complexity index is 1190. The number of fused-ring (bicyclic) bond motifs is 1. The van der Waals surface area contributed by atoms with Crippen LogP contribution < -0.4 is 15.4 Å². The van der Waals surface area contributed by atoms with Gasteiger partial charge in [0.1, 0.15) is 11.6 Å². The first-order chi connectivity index (χ1) is 16.8. The number of nitrogens with one attached hydrogen (secondary N) is 3. The van der Waals surface area contributed by atoms with Crippen LogP contribution in [-0.2, 0) is 4.74 Å². The van der Waals surface area contributed by atoms with Crippen molar-refractivity contribution in [1.29, 1.82) is 0 Å². The van der Waals surface area contributed by atoms with Crippen LogP contribution in [0.15, 0.2) is 67.0 Å². The van der Waals surface area contributed by atoms with Gasteiger partial charge in [0.25, 0.3) is 0 Å². The van der Waals surface area contributed by atoms with E-state index in [0.717, 1.165) is 86.1 Å². The van der Waals surface area contributed by atoms with E-state index >= 15 is 0 Å². The molecule has 2 aromatic carbocycles. The fourth-order valence-electron chi connectivity index (χ4n) is 3.98. The van der Waals surface area contributed by atoms with Crippen molar-refractivity contribution in [3.05, 3.63) is 67.0 Å². The van der Waals surface area contributed by atoms with Gasteiger partial charge in [0.2, 0.25) is 5.95 Å². The summed E-state index contributed by atoms with van der Waals surface area (Å²) >= 11 is 0. The zero-order chi connectivity index (χ0) is 23.0. The van der Waals surface area contributed by atoms with Crippen LogP contribution in [0.25, 0.3) is 10.9 Å². The van der Waals surface area contributed by atoms with Gasteiger partial charge in [-0.25, -0.2) is 4.98 Å². The van der Waals surface area contributed by atoms with Crippen LogP contribution in [0.5, 0.6) is 5.75 Å². The van der Waals surface area contributed by atoms with E-state index < -0.39 is 0 Å². The minimum absolute atomic E-state index is 0.532. The molecule has 1 aliphatic heterocycles. The fraction of sp³-hybridized carbons (Fsp3) is 0.308. The Morgan fingerprint density at radius 2 is 1.79 bits per heavy atom. The van der Waals surface area contributed by atoms with Crippen molar-refractivity contribution < 1.29 is 9.47 Å². The maximum atomic E-state index is 5.90. The second-order valence-electron chi connectivity index (χ2n) is 8.33. The first-order valence-electron chi connectivity index (χ1n) is 11.8. The van der Waals surface area contributed by atoms with Gasteiger partial charge in [0, 0.05) is 47.8 Å². The fourth-order valence-corrected chi connectivity index (χ4v) is 3.98. The molecule has 5 rings (SSSR count). The number of rotatable bonds is 10. The number of aromatic amines is 1. The summed E-state index contributed by atoms with van der Waals surface area (Å²) in [7, 11) is 0. The van der Waals surface area contributed by atoms with Gasteiger partial charge in [-0.15, -0.1) is 0 Å². The average Bonchev–Trinajstić information content (AvgIpc) is 3.34. The molecule has 0 amide bonds. The lowest BCUT2D eigenvalue weighted by molar-refractivity contribution is 0.0368. The maximum absolute atomic E-state index is 5.90. The lowest BCUT2D eigenvalue weighted by Gasteiger charge is -2.26. The summed E-state index contributed by atoms with van der Waals surface area (Å²) in [5, 5.41) is 7.75. The number of benzene rings is 2. The molecular weight excluding hydrogens is 428 g/mol. The van der Waals surface area contributed by atoms with Crippen LogP contribution in [0.3, 0.4) is 0 Å². The topological polar surface area (TPSA) is 87.3 Å². The number of morpholine rings is 1. The molecule has 0 unspecified atom stereocenters. The molecule has 2 aromatic heterocycles. The molecule has 0 saturated carbocycles. The van der Waals surface area contributed by atoms with Gasteiger partial charge in [-0.2, -0.15) is 4.98 Å². The minimum Gasteiger partial charge on any atom is -0.494 e.